The molecule has 0 unspecified atom stereocenters. The molecule has 8 nitrogen and oxygen atoms in total. The summed E-state index contributed by atoms with van der Waals surface area (Å²) in [5.74, 6) is 0.392. The Morgan fingerprint density at radius 2 is 1.95 bits per heavy atom. The molecular formula is C28H26F2N6O2. The molecule has 2 atom stereocenters. The largest absolute Gasteiger partial charge is 0.434 e. The zero-order valence-corrected chi connectivity index (χ0v) is 20.3. The van der Waals surface area contributed by atoms with Crippen LogP contribution in [0, 0.1) is 0 Å². The van der Waals surface area contributed by atoms with Crippen LogP contribution >= 0.6 is 0 Å². The van der Waals surface area contributed by atoms with E-state index in [1.54, 1.807) is 0 Å². The zero-order chi connectivity index (χ0) is 28.5. The fourth-order valence-corrected chi connectivity index (χ4v) is 5.93. The number of anilines is 1. The molecule has 7 rings (SSSR count). The maximum Gasteiger partial charge on any atom is 0.387 e. The van der Waals surface area contributed by atoms with Crippen molar-refractivity contribution < 1.29 is 22.4 Å². The van der Waals surface area contributed by atoms with Crippen molar-refractivity contribution in [2.45, 2.75) is 25.1 Å². The highest BCUT2D eigenvalue weighted by molar-refractivity contribution is 5.98. The van der Waals surface area contributed by atoms with Gasteiger partial charge in [0.15, 0.2) is 0 Å². The Bertz CT molecular complexity index is 1650. The third-order valence-electron chi connectivity index (χ3n) is 7.67. The second kappa shape index (κ2) is 8.76. The molecule has 0 spiro atoms. The van der Waals surface area contributed by atoms with Gasteiger partial charge in [-0.25, -0.2) is 9.97 Å². The predicted octanol–water partition coefficient (Wildman–Crippen LogP) is 4.23. The first-order chi connectivity index (χ1) is 19.7. The van der Waals surface area contributed by atoms with Crippen molar-refractivity contribution in [1.82, 2.24) is 24.8 Å². The Hall–Kier alpha value is -4.05. The lowest BCUT2D eigenvalue weighted by Gasteiger charge is -2.28. The number of alkyl halides is 2. The number of pyridine rings is 1. The standard InChI is InChI=1S/C28H26F2N6O2/c1-34-22-14-21(25-18(27(34)37)3-2-4-23(25)38-28(29)30)36-20-13-16(5-7-19(20)33-26(22)36)17-6-8-24(32-15-17)35-11-9-31-10-12-35/h2-8,13,15,21-22,28,31H,9-12,14H2,1H3/t21-,22-/m1/s1/i1D3. The van der Waals surface area contributed by atoms with Crippen LogP contribution in [0.15, 0.2) is 54.7 Å². The summed E-state index contributed by atoms with van der Waals surface area (Å²) in [4.78, 5) is 26.1. The summed E-state index contributed by atoms with van der Waals surface area (Å²) >= 11 is 0. The van der Waals surface area contributed by atoms with Gasteiger partial charge in [0.05, 0.1) is 23.1 Å². The lowest BCUT2D eigenvalue weighted by Crippen LogP contribution is -2.43. The van der Waals surface area contributed by atoms with Crippen LogP contribution in [0.2, 0.25) is 0 Å². The first-order valence-electron chi connectivity index (χ1n) is 14.1. The van der Waals surface area contributed by atoms with Gasteiger partial charge in [0.2, 0.25) is 0 Å². The van der Waals surface area contributed by atoms with Crippen LogP contribution in [-0.2, 0) is 0 Å². The summed E-state index contributed by atoms with van der Waals surface area (Å²) in [6.45, 7) is -2.30. The predicted molar refractivity (Wildman–Crippen MR) is 139 cm³/mol. The number of nitrogens with zero attached hydrogens (tertiary/aromatic N) is 5. The molecule has 1 saturated heterocycles. The van der Waals surface area contributed by atoms with E-state index >= 15 is 0 Å². The van der Waals surface area contributed by atoms with Gasteiger partial charge < -0.3 is 24.4 Å². The van der Waals surface area contributed by atoms with Gasteiger partial charge in [-0.1, -0.05) is 12.1 Å². The van der Waals surface area contributed by atoms with Crippen molar-refractivity contribution in [1.29, 1.82) is 0 Å². The minimum atomic E-state index is -3.11. The Labute approximate surface area is 222 Å². The number of halogens is 2. The molecule has 2 bridgehead atoms. The van der Waals surface area contributed by atoms with Crippen molar-refractivity contribution in [3.63, 3.8) is 0 Å². The normalized spacial score (nSPS) is 22.1. The first-order valence-corrected chi connectivity index (χ1v) is 12.6. The maximum absolute atomic E-state index is 13.6. The van der Waals surface area contributed by atoms with E-state index in [4.69, 9.17) is 13.8 Å². The monoisotopic (exact) mass is 519 g/mol. The second-order valence-corrected chi connectivity index (χ2v) is 9.72. The maximum atomic E-state index is 13.6. The molecule has 3 aliphatic rings. The number of amides is 1. The molecule has 0 radical (unpaired) electrons. The summed E-state index contributed by atoms with van der Waals surface area (Å²) in [7, 11) is 0. The molecule has 194 valence electrons. The van der Waals surface area contributed by atoms with Gasteiger partial charge in [-0.2, -0.15) is 8.78 Å². The minimum Gasteiger partial charge on any atom is -0.434 e. The zero-order valence-electron chi connectivity index (χ0n) is 23.3. The Kier molecular flexibility index (Phi) is 4.61. The molecule has 4 aromatic rings. The summed E-state index contributed by atoms with van der Waals surface area (Å²) in [5, 5.41) is 3.33. The van der Waals surface area contributed by atoms with Crippen molar-refractivity contribution in [3.05, 3.63) is 71.7 Å². The molecule has 0 saturated carbocycles. The minimum absolute atomic E-state index is 0.0307. The van der Waals surface area contributed by atoms with E-state index in [9.17, 15) is 13.6 Å². The van der Waals surface area contributed by atoms with Gasteiger partial charge in [-0.3, -0.25) is 4.79 Å². The van der Waals surface area contributed by atoms with E-state index in [1.807, 2.05) is 41.1 Å². The van der Waals surface area contributed by atoms with Crippen molar-refractivity contribution in [2.24, 2.45) is 0 Å². The Morgan fingerprint density at radius 3 is 2.71 bits per heavy atom. The van der Waals surface area contributed by atoms with Gasteiger partial charge in [0.25, 0.3) is 5.91 Å². The van der Waals surface area contributed by atoms with Gasteiger partial charge >= 0.3 is 6.61 Å². The van der Waals surface area contributed by atoms with Crippen LogP contribution in [0.5, 0.6) is 5.75 Å². The average molecular weight is 520 g/mol. The number of nitrogens with one attached hydrogen (secondary N) is 1. The summed E-state index contributed by atoms with van der Waals surface area (Å²) in [5.41, 5.74) is 3.34. The van der Waals surface area contributed by atoms with E-state index in [-0.39, 0.29) is 23.3 Å². The van der Waals surface area contributed by atoms with Gasteiger partial charge in [-0.15, -0.1) is 0 Å². The highest BCUT2D eigenvalue weighted by Gasteiger charge is 2.45. The van der Waals surface area contributed by atoms with Gasteiger partial charge in [0, 0.05) is 66.6 Å². The summed E-state index contributed by atoms with van der Waals surface area (Å²) in [6, 6.07) is 12.5. The molecule has 3 aliphatic heterocycles. The fraction of sp³-hybridized carbons (Fsp3) is 0.321. The second-order valence-electron chi connectivity index (χ2n) is 9.72. The number of imidazole rings is 1. The quantitative estimate of drug-likeness (QED) is 0.435. The van der Waals surface area contributed by atoms with E-state index in [0.29, 0.717) is 16.9 Å². The van der Waals surface area contributed by atoms with Crippen LogP contribution in [-0.4, -0.2) is 65.1 Å². The molecule has 10 heteroatoms. The molecule has 2 aromatic heterocycles. The molecule has 1 N–H and O–H groups in total. The highest BCUT2D eigenvalue weighted by atomic mass is 19.3. The number of benzene rings is 2. The number of carbonyl (C=O) groups is 1. The van der Waals surface area contributed by atoms with Crippen LogP contribution in [0.25, 0.3) is 22.2 Å². The number of hydrogen-bond acceptors (Lipinski definition) is 6. The van der Waals surface area contributed by atoms with Crippen LogP contribution < -0.4 is 15.0 Å². The number of piperazine rings is 1. The van der Waals surface area contributed by atoms with E-state index in [0.717, 1.165) is 48.0 Å². The Morgan fingerprint density at radius 1 is 1.11 bits per heavy atom. The van der Waals surface area contributed by atoms with E-state index in [2.05, 4.69) is 15.2 Å². The number of ether oxygens (including phenoxy) is 1. The topological polar surface area (TPSA) is 75.5 Å². The molecule has 38 heavy (non-hydrogen) atoms. The SMILES string of the molecule is [2H]C([2H])([2H])N1C(=O)c2cccc(OC(F)F)c2[C@H]2C[C@@H]1c1nc3ccc(-c4ccc(N5CCNCC5)nc4)cc3n12. The van der Waals surface area contributed by atoms with Crippen LogP contribution in [0.4, 0.5) is 14.6 Å². The van der Waals surface area contributed by atoms with E-state index < -0.39 is 31.6 Å². The molecule has 5 heterocycles. The first kappa shape index (κ1) is 20.0. The molecular weight excluding hydrogens is 490 g/mol. The summed E-state index contributed by atoms with van der Waals surface area (Å²) < 4.78 is 58.1. The fourth-order valence-electron chi connectivity index (χ4n) is 5.93. The third-order valence-corrected chi connectivity index (χ3v) is 7.67. The average Bonchev–Trinajstić information content (AvgIpc) is 3.45. The molecule has 1 fully saturated rings. The molecule has 2 aromatic carbocycles. The van der Waals surface area contributed by atoms with Crippen molar-refractivity contribution >= 4 is 22.8 Å². The smallest absolute Gasteiger partial charge is 0.387 e. The number of aromatic nitrogens is 3. The van der Waals surface area contributed by atoms with Gasteiger partial charge in [-0.05, 0) is 42.0 Å². The third kappa shape index (κ3) is 3.54. The van der Waals surface area contributed by atoms with Crippen LogP contribution in [0.3, 0.4) is 0 Å². The molecule has 0 aliphatic carbocycles. The lowest BCUT2D eigenvalue weighted by atomic mass is 9.97. The van der Waals surface area contributed by atoms with Crippen molar-refractivity contribution in [2.75, 3.05) is 38.1 Å². The van der Waals surface area contributed by atoms with Gasteiger partial charge in [0.1, 0.15) is 17.4 Å². The molecule has 1 amide bonds. The number of carbonyl (C=O) groups excluding carboxylic acids is 1. The van der Waals surface area contributed by atoms with Crippen LogP contribution in [0.1, 0.15) is 44.4 Å². The van der Waals surface area contributed by atoms with E-state index in [1.165, 1.54) is 18.2 Å². The Balaban J connectivity index is 1.37. The lowest BCUT2D eigenvalue weighted by molar-refractivity contribution is -0.0507. The number of fused-ring (bicyclic) bond motifs is 9. The number of hydrogen-bond donors (Lipinski definition) is 1. The van der Waals surface area contributed by atoms with Crippen molar-refractivity contribution in [3.8, 4) is 16.9 Å². The highest BCUT2D eigenvalue weighted by Crippen LogP contribution is 2.50. The number of rotatable bonds is 4. The summed E-state index contributed by atoms with van der Waals surface area (Å²) in [6.07, 6.45) is 1.99.